The molecule has 2 fully saturated rings. The SMILES string of the molecule is Cn1ncc2c(N)nc(CN(CC3CC3)CC3CC3)nc21. The molecule has 21 heavy (non-hydrogen) atoms. The van der Waals surface area contributed by atoms with Gasteiger partial charge in [0.1, 0.15) is 11.6 Å². The first-order valence-corrected chi connectivity index (χ1v) is 7.85. The summed E-state index contributed by atoms with van der Waals surface area (Å²) in [5, 5.41) is 5.06. The van der Waals surface area contributed by atoms with Crippen LogP contribution in [0.3, 0.4) is 0 Å². The van der Waals surface area contributed by atoms with Crippen molar-refractivity contribution in [2.75, 3.05) is 18.8 Å². The number of aryl methyl sites for hydroxylation is 1. The van der Waals surface area contributed by atoms with E-state index in [1.54, 1.807) is 10.9 Å². The third-order valence-electron chi connectivity index (χ3n) is 4.46. The lowest BCUT2D eigenvalue weighted by Gasteiger charge is -2.21. The standard InChI is InChI=1S/C15H22N6/c1-20-15-12(6-17-20)14(16)18-13(19-15)9-21(7-10-2-3-10)8-11-4-5-11/h6,10-11H,2-5,7-9H2,1H3,(H2,16,18,19). The lowest BCUT2D eigenvalue weighted by atomic mass is 10.3. The number of anilines is 1. The summed E-state index contributed by atoms with van der Waals surface area (Å²) in [6, 6.07) is 0. The quantitative estimate of drug-likeness (QED) is 0.872. The Balaban J connectivity index is 1.56. The largest absolute Gasteiger partial charge is 0.383 e. The Morgan fingerprint density at radius 1 is 1.19 bits per heavy atom. The summed E-state index contributed by atoms with van der Waals surface area (Å²) in [6.45, 7) is 3.17. The molecule has 6 heteroatoms. The van der Waals surface area contributed by atoms with Crippen molar-refractivity contribution in [1.82, 2.24) is 24.6 Å². The molecule has 2 aromatic rings. The average molecular weight is 286 g/mol. The predicted molar refractivity (Wildman–Crippen MR) is 81.4 cm³/mol. The Bertz CT molecular complexity index is 641. The minimum absolute atomic E-state index is 0.542. The van der Waals surface area contributed by atoms with E-state index >= 15 is 0 Å². The van der Waals surface area contributed by atoms with Crippen LogP contribution in [-0.2, 0) is 13.6 Å². The maximum absolute atomic E-state index is 6.05. The Morgan fingerprint density at radius 3 is 2.48 bits per heavy atom. The fourth-order valence-electron chi connectivity index (χ4n) is 2.90. The van der Waals surface area contributed by atoms with E-state index in [-0.39, 0.29) is 0 Å². The molecule has 2 aliphatic carbocycles. The molecular formula is C15H22N6. The smallest absolute Gasteiger partial charge is 0.163 e. The zero-order chi connectivity index (χ0) is 14.4. The molecule has 0 atom stereocenters. The van der Waals surface area contributed by atoms with Gasteiger partial charge in [0.05, 0.1) is 18.1 Å². The summed E-state index contributed by atoms with van der Waals surface area (Å²) in [5.41, 5.74) is 6.88. The number of hydrogen-bond acceptors (Lipinski definition) is 5. The van der Waals surface area contributed by atoms with Crippen LogP contribution < -0.4 is 5.73 Å². The van der Waals surface area contributed by atoms with Crippen molar-refractivity contribution in [3.8, 4) is 0 Å². The molecule has 0 unspecified atom stereocenters. The molecule has 2 aliphatic rings. The van der Waals surface area contributed by atoms with Crippen LogP contribution in [0.15, 0.2) is 6.20 Å². The van der Waals surface area contributed by atoms with E-state index in [9.17, 15) is 0 Å². The van der Waals surface area contributed by atoms with Crippen LogP contribution in [0.1, 0.15) is 31.5 Å². The number of aromatic nitrogens is 4. The average Bonchev–Trinajstić information content (AvgIpc) is 3.35. The second kappa shape index (κ2) is 4.94. The van der Waals surface area contributed by atoms with Crippen LogP contribution in [0.4, 0.5) is 5.82 Å². The second-order valence-corrected chi connectivity index (χ2v) is 6.61. The molecule has 2 N–H and O–H groups in total. The van der Waals surface area contributed by atoms with Gasteiger partial charge in [-0.25, -0.2) is 9.97 Å². The molecule has 0 aromatic carbocycles. The fraction of sp³-hybridized carbons (Fsp3) is 0.667. The summed E-state index contributed by atoms with van der Waals surface area (Å²) < 4.78 is 1.77. The molecule has 0 saturated heterocycles. The molecule has 2 heterocycles. The molecule has 0 radical (unpaired) electrons. The summed E-state index contributed by atoms with van der Waals surface area (Å²) in [5.74, 6) is 3.15. The van der Waals surface area contributed by atoms with Crippen LogP contribution in [0.2, 0.25) is 0 Å². The molecular weight excluding hydrogens is 264 g/mol. The van der Waals surface area contributed by atoms with Crippen molar-refractivity contribution in [2.45, 2.75) is 32.2 Å². The van der Waals surface area contributed by atoms with Gasteiger partial charge in [0.25, 0.3) is 0 Å². The Hall–Kier alpha value is -1.69. The van der Waals surface area contributed by atoms with Crippen molar-refractivity contribution >= 4 is 16.9 Å². The third-order valence-corrected chi connectivity index (χ3v) is 4.46. The van der Waals surface area contributed by atoms with Crippen molar-refractivity contribution in [3.05, 3.63) is 12.0 Å². The monoisotopic (exact) mass is 286 g/mol. The van der Waals surface area contributed by atoms with E-state index < -0.39 is 0 Å². The number of hydrogen-bond donors (Lipinski definition) is 1. The normalized spacial score (nSPS) is 18.8. The highest BCUT2D eigenvalue weighted by Gasteiger charge is 2.29. The van der Waals surface area contributed by atoms with E-state index in [4.69, 9.17) is 5.73 Å². The maximum Gasteiger partial charge on any atom is 0.163 e. The van der Waals surface area contributed by atoms with Gasteiger partial charge in [-0.3, -0.25) is 9.58 Å². The van der Waals surface area contributed by atoms with Gasteiger partial charge in [0, 0.05) is 20.1 Å². The van der Waals surface area contributed by atoms with Crippen LogP contribution in [0.25, 0.3) is 11.0 Å². The summed E-state index contributed by atoms with van der Waals surface area (Å²) in [7, 11) is 1.89. The minimum atomic E-state index is 0.542. The summed E-state index contributed by atoms with van der Waals surface area (Å²) in [4.78, 5) is 11.7. The number of nitrogens with two attached hydrogens (primary N) is 1. The van der Waals surface area contributed by atoms with Crippen molar-refractivity contribution in [2.24, 2.45) is 18.9 Å². The Labute approximate surface area is 124 Å². The highest BCUT2D eigenvalue weighted by Crippen LogP contribution is 2.34. The van der Waals surface area contributed by atoms with E-state index in [2.05, 4.69) is 20.0 Å². The first-order valence-electron chi connectivity index (χ1n) is 7.85. The van der Waals surface area contributed by atoms with Gasteiger partial charge in [0.2, 0.25) is 0 Å². The van der Waals surface area contributed by atoms with Crippen molar-refractivity contribution < 1.29 is 0 Å². The molecule has 2 saturated carbocycles. The van der Waals surface area contributed by atoms with Crippen LogP contribution in [0, 0.1) is 11.8 Å². The van der Waals surface area contributed by atoms with E-state index in [1.807, 2.05) is 7.05 Å². The summed E-state index contributed by atoms with van der Waals surface area (Å²) in [6.07, 6.45) is 7.26. The van der Waals surface area contributed by atoms with Crippen molar-refractivity contribution in [1.29, 1.82) is 0 Å². The number of fused-ring (bicyclic) bond motifs is 1. The fourth-order valence-corrected chi connectivity index (χ4v) is 2.90. The van der Waals surface area contributed by atoms with Crippen LogP contribution in [0.5, 0.6) is 0 Å². The molecule has 0 amide bonds. The lowest BCUT2D eigenvalue weighted by molar-refractivity contribution is 0.239. The number of rotatable bonds is 6. The predicted octanol–water partition coefficient (Wildman–Crippen LogP) is 1.57. The molecule has 0 bridgehead atoms. The second-order valence-electron chi connectivity index (χ2n) is 6.61. The lowest BCUT2D eigenvalue weighted by Crippen LogP contribution is -2.29. The Morgan fingerprint density at radius 2 is 1.86 bits per heavy atom. The maximum atomic E-state index is 6.05. The van der Waals surface area contributed by atoms with Gasteiger partial charge < -0.3 is 5.73 Å². The third kappa shape index (κ3) is 2.85. The minimum Gasteiger partial charge on any atom is -0.383 e. The van der Waals surface area contributed by atoms with Gasteiger partial charge in [-0.2, -0.15) is 5.10 Å². The van der Waals surface area contributed by atoms with E-state index in [0.717, 1.165) is 35.2 Å². The molecule has 4 rings (SSSR count). The molecule has 112 valence electrons. The van der Waals surface area contributed by atoms with Gasteiger partial charge in [0.15, 0.2) is 5.65 Å². The van der Waals surface area contributed by atoms with Gasteiger partial charge >= 0.3 is 0 Å². The first kappa shape index (κ1) is 13.0. The molecule has 2 aromatic heterocycles. The van der Waals surface area contributed by atoms with Crippen molar-refractivity contribution in [3.63, 3.8) is 0 Å². The topological polar surface area (TPSA) is 72.9 Å². The van der Waals surface area contributed by atoms with E-state index in [0.29, 0.717) is 5.82 Å². The zero-order valence-corrected chi connectivity index (χ0v) is 12.5. The van der Waals surface area contributed by atoms with Gasteiger partial charge in [-0.05, 0) is 37.5 Å². The van der Waals surface area contributed by atoms with Gasteiger partial charge in [-0.1, -0.05) is 0 Å². The molecule has 0 spiro atoms. The zero-order valence-electron chi connectivity index (χ0n) is 12.5. The molecule has 6 nitrogen and oxygen atoms in total. The van der Waals surface area contributed by atoms with Crippen LogP contribution >= 0.6 is 0 Å². The van der Waals surface area contributed by atoms with Crippen LogP contribution in [-0.4, -0.2) is 37.7 Å². The highest BCUT2D eigenvalue weighted by molar-refractivity contribution is 5.84. The number of nitrogens with zero attached hydrogens (tertiary/aromatic N) is 5. The summed E-state index contributed by atoms with van der Waals surface area (Å²) >= 11 is 0. The number of nitrogen functional groups attached to an aromatic ring is 1. The van der Waals surface area contributed by atoms with E-state index in [1.165, 1.54) is 38.8 Å². The Kier molecular flexibility index (Phi) is 3.06. The van der Waals surface area contributed by atoms with Gasteiger partial charge in [-0.15, -0.1) is 0 Å². The first-order chi connectivity index (χ1) is 10.2. The highest BCUT2D eigenvalue weighted by atomic mass is 15.3. The molecule has 0 aliphatic heterocycles.